The fourth-order valence-electron chi connectivity index (χ4n) is 8.44. The van der Waals surface area contributed by atoms with Crippen LogP contribution in [0, 0.1) is 0 Å². The fourth-order valence-corrected chi connectivity index (χ4v) is 8.44. The molecule has 9 rings (SSSR count). The SMILES string of the molecule is CC1(C)c2cc(/C=C/N(c3ccccc3)c3ccccc3)ccc2-c2ccc(-c3ccc4c(c3)C(C)(C)c3ccccc3N4c3ccccc3)cc21. The molecule has 0 N–H and O–H groups in total. The lowest BCUT2D eigenvalue weighted by Crippen LogP contribution is -2.30. The molecule has 0 saturated carbocycles. The summed E-state index contributed by atoms with van der Waals surface area (Å²) in [5.41, 5.74) is 17.4. The molecule has 0 aromatic heterocycles. The molecular weight excluding hydrogens is 629 g/mol. The van der Waals surface area contributed by atoms with Gasteiger partial charge in [0, 0.05) is 34.1 Å². The molecule has 0 saturated heterocycles. The maximum Gasteiger partial charge on any atom is 0.0503 e. The number of benzene rings is 7. The molecule has 0 fully saturated rings. The van der Waals surface area contributed by atoms with Crippen LogP contribution in [0.5, 0.6) is 0 Å². The summed E-state index contributed by atoms with van der Waals surface area (Å²) >= 11 is 0. The van der Waals surface area contributed by atoms with E-state index in [2.05, 4.69) is 220 Å². The van der Waals surface area contributed by atoms with Crippen molar-refractivity contribution >= 4 is 34.5 Å². The van der Waals surface area contributed by atoms with Crippen LogP contribution in [0.3, 0.4) is 0 Å². The Morgan fingerprint density at radius 2 is 0.942 bits per heavy atom. The van der Waals surface area contributed by atoms with E-state index in [9.17, 15) is 0 Å². The van der Waals surface area contributed by atoms with Crippen molar-refractivity contribution in [2.75, 3.05) is 9.80 Å². The lowest BCUT2D eigenvalue weighted by molar-refractivity contribution is 0.632. The first-order valence-corrected chi connectivity index (χ1v) is 18.3. The van der Waals surface area contributed by atoms with Crippen LogP contribution in [-0.4, -0.2) is 0 Å². The van der Waals surface area contributed by atoms with Gasteiger partial charge in [0.05, 0.1) is 11.4 Å². The van der Waals surface area contributed by atoms with E-state index in [0.717, 1.165) is 11.4 Å². The van der Waals surface area contributed by atoms with Crippen molar-refractivity contribution in [3.63, 3.8) is 0 Å². The van der Waals surface area contributed by atoms with Crippen molar-refractivity contribution < 1.29 is 0 Å². The first kappa shape index (κ1) is 31.8. The van der Waals surface area contributed by atoms with Crippen molar-refractivity contribution in [2.45, 2.75) is 38.5 Å². The number of hydrogen-bond donors (Lipinski definition) is 0. The number of para-hydroxylation sites is 4. The third kappa shape index (κ3) is 5.17. The molecular formula is C50H42N2. The van der Waals surface area contributed by atoms with E-state index < -0.39 is 0 Å². The smallest absolute Gasteiger partial charge is 0.0503 e. The summed E-state index contributed by atoms with van der Waals surface area (Å²) < 4.78 is 0. The molecule has 2 heteroatoms. The van der Waals surface area contributed by atoms with Crippen LogP contribution in [0.1, 0.15) is 55.5 Å². The maximum absolute atomic E-state index is 2.44. The van der Waals surface area contributed by atoms with Crippen molar-refractivity contribution in [3.8, 4) is 22.3 Å². The van der Waals surface area contributed by atoms with Gasteiger partial charge in [-0.1, -0.05) is 137 Å². The van der Waals surface area contributed by atoms with Gasteiger partial charge in [0.2, 0.25) is 0 Å². The van der Waals surface area contributed by atoms with E-state index in [1.165, 1.54) is 67.1 Å². The first-order valence-electron chi connectivity index (χ1n) is 18.3. The van der Waals surface area contributed by atoms with Crippen molar-refractivity contribution in [1.29, 1.82) is 0 Å². The van der Waals surface area contributed by atoms with Crippen LogP contribution >= 0.6 is 0 Å². The zero-order valence-electron chi connectivity index (χ0n) is 30.2. The van der Waals surface area contributed by atoms with Crippen molar-refractivity contribution in [3.05, 3.63) is 204 Å². The topological polar surface area (TPSA) is 6.48 Å². The molecule has 52 heavy (non-hydrogen) atoms. The van der Waals surface area contributed by atoms with Gasteiger partial charge in [-0.15, -0.1) is 0 Å². The Balaban J connectivity index is 1.07. The molecule has 1 aliphatic heterocycles. The van der Waals surface area contributed by atoms with Gasteiger partial charge in [0.15, 0.2) is 0 Å². The summed E-state index contributed by atoms with van der Waals surface area (Å²) in [5.74, 6) is 0. The second-order valence-corrected chi connectivity index (χ2v) is 15.1. The molecule has 0 bridgehead atoms. The Kier molecular flexibility index (Phi) is 7.52. The summed E-state index contributed by atoms with van der Waals surface area (Å²) in [6.45, 7) is 9.48. The van der Waals surface area contributed by atoms with E-state index in [0.29, 0.717) is 0 Å². The maximum atomic E-state index is 2.44. The van der Waals surface area contributed by atoms with E-state index in [1.807, 2.05) is 0 Å². The minimum atomic E-state index is -0.153. The van der Waals surface area contributed by atoms with Gasteiger partial charge in [0.25, 0.3) is 0 Å². The Labute approximate surface area is 308 Å². The third-order valence-electron chi connectivity index (χ3n) is 11.3. The van der Waals surface area contributed by atoms with E-state index in [4.69, 9.17) is 0 Å². The van der Waals surface area contributed by atoms with Crippen LogP contribution in [0.15, 0.2) is 176 Å². The Morgan fingerprint density at radius 3 is 1.62 bits per heavy atom. The molecule has 0 amide bonds. The van der Waals surface area contributed by atoms with Gasteiger partial charge in [0.1, 0.15) is 0 Å². The summed E-state index contributed by atoms with van der Waals surface area (Å²) in [4.78, 5) is 4.67. The molecule has 252 valence electrons. The lowest BCUT2D eigenvalue weighted by atomic mass is 9.72. The van der Waals surface area contributed by atoms with Gasteiger partial charge < -0.3 is 9.80 Å². The fraction of sp³-hybridized carbons (Fsp3) is 0.120. The molecule has 0 atom stereocenters. The molecule has 7 aromatic rings. The molecule has 0 spiro atoms. The Bertz CT molecular complexity index is 2420. The number of hydrogen-bond acceptors (Lipinski definition) is 2. The number of rotatable bonds is 6. The molecule has 2 nitrogen and oxygen atoms in total. The van der Waals surface area contributed by atoms with Crippen LogP contribution < -0.4 is 9.80 Å². The van der Waals surface area contributed by atoms with Crippen LogP contribution in [0.2, 0.25) is 0 Å². The van der Waals surface area contributed by atoms with Crippen molar-refractivity contribution in [1.82, 2.24) is 0 Å². The van der Waals surface area contributed by atoms with Crippen LogP contribution in [0.25, 0.3) is 28.3 Å². The van der Waals surface area contributed by atoms with Gasteiger partial charge in [-0.25, -0.2) is 0 Å². The molecule has 0 radical (unpaired) electrons. The van der Waals surface area contributed by atoms with Gasteiger partial charge in [-0.05, 0) is 117 Å². The van der Waals surface area contributed by atoms with Gasteiger partial charge in [-0.2, -0.15) is 0 Å². The predicted molar refractivity (Wildman–Crippen MR) is 220 cm³/mol. The van der Waals surface area contributed by atoms with Gasteiger partial charge in [-0.3, -0.25) is 0 Å². The Morgan fingerprint density at radius 1 is 0.442 bits per heavy atom. The normalized spacial score (nSPS) is 14.7. The van der Waals surface area contributed by atoms with E-state index in [-0.39, 0.29) is 10.8 Å². The summed E-state index contributed by atoms with van der Waals surface area (Å²) in [5, 5.41) is 0. The molecule has 7 aromatic carbocycles. The summed E-state index contributed by atoms with van der Waals surface area (Å²) in [7, 11) is 0. The van der Waals surface area contributed by atoms with Crippen molar-refractivity contribution in [2.24, 2.45) is 0 Å². The second-order valence-electron chi connectivity index (χ2n) is 15.1. The average molecular weight is 671 g/mol. The third-order valence-corrected chi connectivity index (χ3v) is 11.3. The highest BCUT2D eigenvalue weighted by atomic mass is 15.2. The zero-order valence-corrected chi connectivity index (χ0v) is 30.2. The monoisotopic (exact) mass is 670 g/mol. The largest absolute Gasteiger partial charge is 0.317 e. The van der Waals surface area contributed by atoms with E-state index in [1.54, 1.807) is 0 Å². The predicted octanol–water partition coefficient (Wildman–Crippen LogP) is 13.6. The molecule has 1 aliphatic carbocycles. The molecule has 2 aliphatic rings. The van der Waals surface area contributed by atoms with E-state index >= 15 is 0 Å². The standard InChI is InChI=1S/C50H42N2/c1-49(2)43-22-14-15-23-47(43)52(40-20-12-7-13-21-40)48-29-26-37(34-46(48)49)36-25-28-42-41-27-24-35(32-44(41)50(3,4)45(42)33-36)30-31-51(38-16-8-5-9-17-38)39-18-10-6-11-19-39/h5-34H,1-4H3/b31-30+. The number of nitrogens with zero attached hydrogens (tertiary/aromatic N) is 2. The number of fused-ring (bicyclic) bond motifs is 5. The first-order chi connectivity index (χ1) is 25.3. The highest BCUT2D eigenvalue weighted by Crippen LogP contribution is 2.54. The molecule has 0 unspecified atom stereocenters. The summed E-state index contributed by atoms with van der Waals surface area (Å²) in [6, 6.07) is 61.8. The highest BCUT2D eigenvalue weighted by Gasteiger charge is 2.38. The lowest BCUT2D eigenvalue weighted by Gasteiger charge is -2.42. The minimum Gasteiger partial charge on any atom is -0.317 e. The van der Waals surface area contributed by atoms with Crippen LogP contribution in [0.4, 0.5) is 28.4 Å². The molecule has 1 heterocycles. The minimum absolute atomic E-state index is 0.139. The van der Waals surface area contributed by atoms with Crippen LogP contribution in [-0.2, 0) is 10.8 Å². The Hall–Kier alpha value is -6.12. The van der Waals surface area contributed by atoms with Gasteiger partial charge >= 0.3 is 0 Å². The zero-order chi connectivity index (χ0) is 35.5. The quantitative estimate of drug-likeness (QED) is 0.174. The number of anilines is 5. The average Bonchev–Trinajstić information content (AvgIpc) is 3.41. The highest BCUT2D eigenvalue weighted by molar-refractivity contribution is 5.89. The summed E-state index contributed by atoms with van der Waals surface area (Å²) in [6.07, 6.45) is 4.42. The second kappa shape index (κ2) is 12.3.